The second-order valence-electron chi connectivity index (χ2n) is 9.11. The Morgan fingerprint density at radius 1 is 1.22 bits per heavy atom. The third-order valence-corrected chi connectivity index (χ3v) is 6.80. The second kappa shape index (κ2) is 11.5. The van der Waals surface area contributed by atoms with Crippen LogP contribution in [0.1, 0.15) is 31.0 Å². The number of ether oxygens (including phenoxy) is 2. The van der Waals surface area contributed by atoms with Crippen molar-refractivity contribution in [1.29, 1.82) is 0 Å². The predicted molar refractivity (Wildman–Crippen MR) is 137 cm³/mol. The summed E-state index contributed by atoms with van der Waals surface area (Å²) in [5, 5.41) is 3.33. The van der Waals surface area contributed by atoms with Crippen LogP contribution in [0.3, 0.4) is 0 Å². The van der Waals surface area contributed by atoms with Gasteiger partial charge in [0.1, 0.15) is 18.5 Å². The summed E-state index contributed by atoms with van der Waals surface area (Å²) in [6.07, 6.45) is 2.37. The van der Waals surface area contributed by atoms with Gasteiger partial charge in [-0.2, -0.15) is 4.98 Å². The van der Waals surface area contributed by atoms with Crippen molar-refractivity contribution in [1.82, 2.24) is 19.8 Å². The fraction of sp³-hybridized carbons (Fsp3) is 0.462. The first kappa shape index (κ1) is 25.6. The summed E-state index contributed by atoms with van der Waals surface area (Å²) < 4.78 is 10.6. The van der Waals surface area contributed by atoms with Gasteiger partial charge >= 0.3 is 6.09 Å². The molecule has 2 aliphatic heterocycles. The molecular formula is C26H34N6O4. The van der Waals surface area contributed by atoms with Crippen LogP contribution in [-0.4, -0.2) is 83.8 Å². The zero-order valence-electron chi connectivity index (χ0n) is 21.1. The van der Waals surface area contributed by atoms with Crippen LogP contribution in [0.4, 0.5) is 16.6 Å². The average Bonchev–Trinajstić information content (AvgIpc) is 3.30. The van der Waals surface area contributed by atoms with Gasteiger partial charge in [0.15, 0.2) is 0 Å². The first-order valence-corrected chi connectivity index (χ1v) is 12.2. The molecule has 0 saturated carbocycles. The van der Waals surface area contributed by atoms with Crippen molar-refractivity contribution >= 4 is 23.8 Å². The fourth-order valence-electron chi connectivity index (χ4n) is 4.46. The van der Waals surface area contributed by atoms with E-state index >= 15 is 0 Å². The number of hydrogen-bond donors (Lipinski definition) is 1. The lowest BCUT2D eigenvalue weighted by Gasteiger charge is -2.34. The number of piperazine rings is 1. The topological polar surface area (TPSA) is 100 Å². The van der Waals surface area contributed by atoms with Crippen LogP contribution in [0, 0.1) is 0 Å². The predicted octanol–water partition coefficient (Wildman–Crippen LogP) is 2.84. The van der Waals surface area contributed by atoms with Crippen molar-refractivity contribution < 1.29 is 19.1 Å². The van der Waals surface area contributed by atoms with E-state index < -0.39 is 6.09 Å². The van der Waals surface area contributed by atoms with Gasteiger partial charge in [-0.1, -0.05) is 30.8 Å². The van der Waals surface area contributed by atoms with Gasteiger partial charge in [-0.25, -0.2) is 9.78 Å². The molecule has 0 radical (unpaired) electrons. The van der Waals surface area contributed by atoms with Gasteiger partial charge in [0.05, 0.1) is 12.1 Å². The number of carbonyl (C=O) groups excluding carboxylic acids is 2. The maximum atomic E-state index is 12.3. The molecule has 0 unspecified atom stereocenters. The van der Waals surface area contributed by atoms with Gasteiger partial charge in [-0.15, -0.1) is 0 Å². The first-order chi connectivity index (χ1) is 17.4. The van der Waals surface area contributed by atoms with E-state index in [0.29, 0.717) is 11.8 Å². The molecular weight excluding hydrogens is 460 g/mol. The Kier molecular flexibility index (Phi) is 8.17. The molecule has 2 saturated heterocycles. The molecule has 10 nitrogen and oxygen atoms in total. The highest BCUT2D eigenvalue weighted by molar-refractivity contribution is 5.89. The molecule has 2 aliphatic rings. The normalized spacial score (nSPS) is 20.1. The van der Waals surface area contributed by atoms with Crippen LogP contribution in [-0.2, 0) is 20.8 Å². The van der Waals surface area contributed by atoms with Crippen molar-refractivity contribution in [3.05, 3.63) is 60.3 Å². The summed E-state index contributed by atoms with van der Waals surface area (Å²) in [6.45, 7) is 11.8. The SMILES string of the molecule is C=CC(=O)N1CCN(Cc2ccc([C@H](C)Nc3nccc(N4C(=O)OC[C@@H]4[C@H](C)OC)n3)cc2)CC1. The lowest BCUT2D eigenvalue weighted by atomic mass is 10.1. The first-order valence-electron chi connectivity index (χ1n) is 12.2. The summed E-state index contributed by atoms with van der Waals surface area (Å²) in [7, 11) is 1.61. The number of benzene rings is 1. The van der Waals surface area contributed by atoms with E-state index in [2.05, 4.69) is 51.0 Å². The number of carbonyl (C=O) groups is 2. The number of nitrogens with zero attached hydrogens (tertiary/aromatic N) is 5. The maximum Gasteiger partial charge on any atom is 0.416 e. The molecule has 2 aromatic rings. The zero-order chi connectivity index (χ0) is 25.7. The number of anilines is 2. The van der Waals surface area contributed by atoms with Crippen molar-refractivity contribution in [2.75, 3.05) is 50.1 Å². The van der Waals surface area contributed by atoms with E-state index in [1.54, 1.807) is 19.4 Å². The Morgan fingerprint density at radius 3 is 2.61 bits per heavy atom. The average molecular weight is 495 g/mol. The quantitative estimate of drug-likeness (QED) is 0.532. The van der Waals surface area contributed by atoms with Gasteiger partial charge in [0.2, 0.25) is 11.9 Å². The Morgan fingerprint density at radius 2 is 1.94 bits per heavy atom. The lowest BCUT2D eigenvalue weighted by molar-refractivity contribution is -0.127. The van der Waals surface area contributed by atoms with E-state index in [4.69, 9.17) is 9.47 Å². The van der Waals surface area contributed by atoms with E-state index in [9.17, 15) is 9.59 Å². The highest BCUT2D eigenvalue weighted by Crippen LogP contribution is 2.26. The molecule has 1 N–H and O–H groups in total. The summed E-state index contributed by atoms with van der Waals surface area (Å²) >= 11 is 0. The van der Waals surface area contributed by atoms with E-state index in [-0.39, 0.29) is 30.7 Å². The third kappa shape index (κ3) is 5.83. The summed E-state index contributed by atoms with van der Waals surface area (Å²) in [4.78, 5) is 38.7. The molecule has 1 aromatic heterocycles. The molecule has 192 valence electrons. The Hall–Kier alpha value is -3.50. The van der Waals surface area contributed by atoms with Crippen LogP contribution < -0.4 is 10.2 Å². The van der Waals surface area contributed by atoms with E-state index in [1.807, 2.05) is 18.7 Å². The van der Waals surface area contributed by atoms with Crippen LogP contribution >= 0.6 is 0 Å². The number of aromatic nitrogens is 2. The van der Waals surface area contributed by atoms with Gasteiger partial charge in [-0.05, 0) is 37.1 Å². The molecule has 36 heavy (non-hydrogen) atoms. The molecule has 1 aromatic carbocycles. The van der Waals surface area contributed by atoms with Crippen LogP contribution in [0.25, 0.3) is 0 Å². The van der Waals surface area contributed by atoms with Gasteiger partial charge in [0.25, 0.3) is 0 Å². The minimum atomic E-state index is -0.439. The van der Waals surface area contributed by atoms with E-state index in [0.717, 1.165) is 38.3 Å². The highest BCUT2D eigenvalue weighted by atomic mass is 16.6. The van der Waals surface area contributed by atoms with E-state index in [1.165, 1.54) is 16.5 Å². The molecule has 2 fully saturated rings. The minimum absolute atomic E-state index is 0.000258. The molecule has 0 bridgehead atoms. The largest absolute Gasteiger partial charge is 0.447 e. The zero-order valence-corrected chi connectivity index (χ0v) is 21.1. The summed E-state index contributed by atoms with van der Waals surface area (Å²) in [6, 6.07) is 9.86. The Bertz CT molecular complexity index is 1070. The third-order valence-electron chi connectivity index (χ3n) is 6.80. The number of rotatable bonds is 9. The molecule has 3 atom stereocenters. The fourth-order valence-corrected chi connectivity index (χ4v) is 4.46. The number of amides is 2. The Labute approximate surface area is 211 Å². The monoisotopic (exact) mass is 494 g/mol. The van der Waals surface area contributed by atoms with Crippen molar-refractivity contribution in [2.24, 2.45) is 0 Å². The van der Waals surface area contributed by atoms with Crippen molar-refractivity contribution in [3.8, 4) is 0 Å². The van der Waals surface area contributed by atoms with Crippen LogP contribution in [0.5, 0.6) is 0 Å². The molecule has 0 spiro atoms. The molecule has 10 heteroatoms. The smallest absolute Gasteiger partial charge is 0.416 e. The number of hydrogen-bond acceptors (Lipinski definition) is 8. The number of methoxy groups -OCH3 is 1. The minimum Gasteiger partial charge on any atom is -0.447 e. The van der Waals surface area contributed by atoms with Crippen molar-refractivity contribution in [3.63, 3.8) is 0 Å². The second-order valence-corrected chi connectivity index (χ2v) is 9.11. The van der Waals surface area contributed by atoms with Crippen molar-refractivity contribution in [2.45, 2.75) is 38.6 Å². The highest BCUT2D eigenvalue weighted by Gasteiger charge is 2.39. The molecule has 3 heterocycles. The lowest BCUT2D eigenvalue weighted by Crippen LogP contribution is -2.47. The van der Waals surface area contributed by atoms with Crippen LogP contribution in [0.2, 0.25) is 0 Å². The van der Waals surface area contributed by atoms with Crippen LogP contribution in [0.15, 0.2) is 49.2 Å². The molecule has 2 amide bonds. The maximum absolute atomic E-state index is 12.3. The molecule has 4 rings (SSSR count). The Balaban J connectivity index is 1.35. The molecule has 0 aliphatic carbocycles. The standard InChI is InChI=1S/C26H34N6O4/c1-5-24(33)31-14-12-30(13-15-31)16-20-6-8-21(9-7-20)18(2)28-25-27-11-10-23(29-25)32-22(19(3)35-4)17-36-26(32)34/h5-11,18-19,22H,1,12-17H2,2-4H3,(H,27,28,29)/t18-,19-,22+/m0/s1. The summed E-state index contributed by atoms with van der Waals surface area (Å²) in [5.74, 6) is 0.903. The number of nitrogens with one attached hydrogen (secondary N) is 1. The summed E-state index contributed by atoms with van der Waals surface area (Å²) in [5.41, 5.74) is 2.32. The number of cyclic esters (lactones) is 1. The van der Waals surface area contributed by atoms with Gasteiger partial charge < -0.3 is 19.7 Å². The van der Waals surface area contributed by atoms with Gasteiger partial charge in [0, 0.05) is 46.0 Å². The van der Waals surface area contributed by atoms with Gasteiger partial charge in [-0.3, -0.25) is 14.6 Å².